The third-order valence-corrected chi connectivity index (χ3v) is 3.26. The van der Waals surface area contributed by atoms with Gasteiger partial charge in [0.15, 0.2) is 5.82 Å². The summed E-state index contributed by atoms with van der Waals surface area (Å²) in [7, 11) is 1.66. The van der Waals surface area contributed by atoms with Gasteiger partial charge in [-0.1, -0.05) is 30.7 Å². The van der Waals surface area contributed by atoms with Crippen LogP contribution in [0.3, 0.4) is 0 Å². The largest absolute Gasteiger partial charge is 0.377 e. The Hall–Kier alpha value is -1.94. The van der Waals surface area contributed by atoms with E-state index in [-0.39, 0.29) is 0 Å². The number of hydrogen-bond donors (Lipinski definition) is 1. The van der Waals surface area contributed by atoms with E-state index >= 15 is 0 Å². The van der Waals surface area contributed by atoms with E-state index in [9.17, 15) is 0 Å². The van der Waals surface area contributed by atoms with Crippen molar-refractivity contribution in [2.75, 3.05) is 19.0 Å². The minimum Gasteiger partial charge on any atom is -0.377 e. The molecular weight excluding hydrogens is 262 g/mol. The van der Waals surface area contributed by atoms with Gasteiger partial charge in [-0.25, -0.2) is 9.97 Å². The van der Waals surface area contributed by atoms with Crippen LogP contribution in [-0.2, 0) is 11.3 Å². The number of anilines is 1. The third kappa shape index (κ3) is 4.02. The number of ether oxygens (including phenoxy) is 1. The van der Waals surface area contributed by atoms with Gasteiger partial charge < -0.3 is 10.1 Å². The fourth-order valence-corrected chi connectivity index (χ4v) is 2.27. The van der Waals surface area contributed by atoms with Crippen molar-refractivity contribution in [1.29, 1.82) is 0 Å². The molecule has 0 fully saturated rings. The zero-order valence-electron chi connectivity index (χ0n) is 13.2. The second-order valence-corrected chi connectivity index (χ2v) is 5.23. The summed E-state index contributed by atoms with van der Waals surface area (Å²) in [5.41, 5.74) is 4.55. The van der Waals surface area contributed by atoms with E-state index in [0.717, 1.165) is 30.0 Å². The Kier molecular flexibility index (Phi) is 5.28. The third-order valence-electron chi connectivity index (χ3n) is 3.26. The minimum atomic E-state index is 0.416. The van der Waals surface area contributed by atoms with E-state index in [1.807, 2.05) is 6.07 Å². The average Bonchev–Trinajstić information content (AvgIpc) is 2.45. The van der Waals surface area contributed by atoms with Gasteiger partial charge in [-0.05, 0) is 25.8 Å². The van der Waals surface area contributed by atoms with Gasteiger partial charge in [0.05, 0.1) is 5.69 Å². The fourth-order valence-electron chi connectivity index (χ4n) is 2.27. The molecule has 21 heavy (non-hydrogen) atoms. The van der Waals surface area contributed by atoms with Crippen molar-refractivity contribution in [3.63, 3.8) is 0 Å². The predicted molar refractivity (Wildman–Crippen MR) is 86.4 cm³/mol. The normalized spacial score (nSPS) is 10.7. The van der Waals surface area contributed by atoms with Crippen molar-refractivity contribution in [3.8, 4) is 11.3 Å². The molecule has 0 saturated heterocycles. The van der Waals surface area contributed by atoms with Crippen molar-refractivity contribution in [3.05, 3.63) is 41.2 Å². The summed E-state index contributed by atoms with van der Waals surface area (Å²) >= 11 is 0. The Balaban J connectivity index is 2.43. The highest BCUT2D eigenvalue weighted by atomic mass is 16.5. The highest BCUT2D eigenvalue weighted by Crippen LogP contribution is 2.24. The standard InChI is InChI=1S/C17H23N3O/c1-5-8-18-16-10-15(19-17(20-16)11-21-4)14-7-6-12(2)9-13(14)3/h6-7,9-10H,5,8,11H2,1-4H3,(H,18,19,20). The van der Waals surface area contributed by atoms with Gasteiger partial charge in [0.25, 0.3) is 0 Å². The molecule has 1 aromatic heterocycles. The van der Waals surface area contributed by atoms with Crippen molar-refractivity contribution < 1.29 is 4.74 Å². The fraction of sp³-hybridized carbons (Fsp3) is 0.412. The Morgan fingerprint density at radius 1 is 1.14 bits per heavy atom. The molecule has 0 radical (unpaired) electrons. The summed E-state index contributed by atoms with van der Waals surface area (Å²) in [6, 6.07) is 8.41. The lowest BCUT2D eigenvalue weighted by Gasteiger charge is -2.11. The summed E-state index contributed by atoms with van der Waals surface area (Å²) in [4.78, 5) is 9.10. The average molecular weight is 285 g/mol. The van der Waals surface area contributed by atoms with Crippen molar-refractivity contribution >= 4 is 5.82 Å². The maximum absolute atomic E-state index is 5.17. The molecule has 0 aliphatic heterocycles. The van der Waals surface area contributed by atoms with E-state index < -0.39 is 0 Å². The maximum atomic E-state index is 5.17. The number of rotatable bonds is 6. The second kappa shape index (κ2) is 7.18. The lowest BCUT2D eigenvalue weighted by atomic mass is 10.0. The molecule has 0 bridgehead atoms. The molecular formula is C17H23N3O. The predicted octanol–water partition coefficient (Wildman–Crippen LogP) is 3.73. The number of aromatic nitrogens is 2. The molecule has 0 aliphatic rings. The van der Waals surface area contributed by atoms with Crippen LogP contribution in [0.1, 0.15) is 30.3 Å². The number of hydrogen-bond acceptors (Lipinski definition) is 4. The van der Waals surface area contributed by atoms with E-state index in [0.29, 0.717) is 12.4 Å². The Labute approximate surface area is 126 Å². The Bertz CT molecular complexity index is 611. The van der Waals surface area contributed by atoms with E-state index in [4.69, 9.17) is 4.74 Å². The smallest absolute Gasteiger partial charge is 0.157 e. The van der Waals surface area contributed by atoms with Crippen LogP contribution in [0.4, 0.5) is 5.82 Å². The molecule has 1 heterocycles. The van der Waals surface area contributed by atoms with Gasteiger partial charge >= 0.3 is 0 Å². The highest BCUT2D eigenvalue weighted by Gasteiger charge is 2.09. The van der Waals surface area contributed by atoms with Gasteiger partial charge in [-0.15, -0.1) is 0 Å². The van der Waals surface area contributed by atoms with Crippen molar-refractivity contribution in [1.82, 2.24) is 9.97 Å². The second-order valence-electron chi connectivity index (χ2n) is 5.23. The van der Waals surface area contributed by atoms with Crippen LogP contribution >= 0.6 is 0 Å². The SMILES string of the molecule is CCCNc1cc(-c2ccc(C)cc2C)nc(COC)n1. The van der Waals surface area contributed by atoms with Crippen LogP contribution in [0.25, 0.3) is 11.3 Å². The van der Waals surface area contributed by atoms with Crippen LogP contribution in [0.5, 0.6) is 0 Å². The topological polar surface area (TPSA) is 47.0 Å². The Morgan fingerprint density at radius 2 is 1.95 bits per heavy atom. The number of aryl methyl sites for hydroxylation is 2. The molecule has 2 rings (SSSR count). The first-order valence-electron chi connectivity index (χ1n) is 7.32. The minimum absolute atomic E-state index is 0.416. The quantitative estimate of drug-likeness (QED) is 0.878. The van der Waals surface area contributed by atoms with Crippen molar-refractivity contribution in [2.45, 2.75) is 33.8 Å². The molecule has 112 valence electrons. The molecule has 0 aliphatic carbocycles. The number of methoxy groups -OCH3 is 1. The Morgan fingerprint density at radius 3 is 2.62 bits per heavy atom. The lowest BCUT2D eigenvalue weighted by molar-refractivity contribution is 0.178. The monoisotopic (exact) mass is 285 g/mol. The molecule has 4 heteroatoms. The van der Waals surface area contributed by atoms with E-state index in [2.05, 4.69) is 54.3 Å². The van der Waals surface area contributed by atoms with E-state index in [1.165, 1.54) is 11.1 Å². The van der Waals surface area contributed by atoms with Gasteiger partial charge in [0, 0.05) is 25.3 Å². The molecule has 0 spiro atoms. The van der Waals surface area contributed by atoms with E-state index in [1.54, 1.807) is 7.11 Å². The van der Waals surface area contributed by atoms with Crippen LogP contribution < -0.4 is 5.32 Å². The maximum Gasteiger partial charge on any atom is 0.157 e. The summed E-state index contributed by atoms with van der Waals surface area (Å²) < 4.78 is 5.17. The molecule has 1 N–H and O–H groups in total. The summed E-state index contributed by atoms with van der Waals surface area (Å²) in [6.07, 6.45) is 1.06. The molecule has 0 atom stereocenters. The summed E-state index contributed by atoms with van der Waals surface area (Å²) in [5, 5.41) is 3.33. The van der Waals surface area contributed by atoms with Gasteiger partial charge in [-0.2, -0.15) is 0 Å². The van der Waals surface area contributed by atoms with Crippen molar-refractivity contribution in [2.24, 2.45) is 0 Å². The number of benzene rings is 1. The van der Waals surface area contributed by atoms with Crippen LogP contribution in [0.2, 0.25) is 0 Å². The molecule has 0 unspecified atom stereocenters. The first-order chi connectivity index (χ1) is 10.1. The number of nitrogens with zero attached hydrogens (tertiary/aromatic N) is 2. The summed E-state index contributed by atoms with van der Waals surface area (Å²) in [6.45, 7) is 7.66. The first kappa shape index (κ1) is 15.4. The van der Waals surface area contributed by atoms with Crippen LogP contribution in [0.15, 0.2) is 24.3 Å². The molecule has 2 aromatic rings. The van der Waals surface area contributed by atoms with Gasteiger partial charge in [0.2, 0.25) is 0 Å². The molecule has 4 nitrogen and oxygen atoms in total. The first-order valence-corrected chi connectivity index (χ1v) is 7.32. The zero-order chi connectivity index (χ0) is 15.2. The number of nitrogens with one attached hydrogen (secondary N) is 1. The van der Waals surface area contributed by atoms with Gasteiger partial charge in [-0.3, -0.25) is 0 Å². The molecule has 0 saturated carbocycles. The molecule has 0 amide bonds. The van der Waals surface area contributed by atoms with Crippen LogP contribution in [0, 0.1) is 13.8 Å². The van der Waals surface area contributed by atoms with Gasteiger partial charge in [0.1, 0.15) is 12.4 Å². The lowest BCUT2D eigenvalue weighted by Crippen LogP contribution is -2.07. The molecule has 1 aromatic carbocycles. The zero-order valence-corrected chi connectivity index (χ0v) is 13.2. The highest BCUT2D eigenvalue weighted by molar-refractivity contribution is 5.66. The summed E-state index contributed by atoms with van der Waals surface area (Å²) in [5.74, 6) is 1.56. The van der Waals surface area contributed by atoms with Crippen LogP contribution in [-0.4, -0.2) is 23.6 Å².